The Bertz CT molecular complexity index is 1150. The van der Waals surface area contributed by atoms with Gasteiger partial charge in [-0.2, -0.15) is 0 Å². The standard InChI is InChI=1S/C24H25NO6/c1-15-5-7-18(8-6-15)24(28)29-10-4-9-25-21(26)14-30-19-11-16(2)12-20-23(19)17(3)13-22(27)31-20/h5-8,11-13H,4,9-10,14H2,1-3H3,(H,25,26). The average molecular weight is 423 g/mol. The summed E-state index contributed by atoms with van der Waals surface area (Å²) in [6, 6.07) is 12.1. The number of carbonyl (C=O) groups excluding carboxylic acids is 2. The molecular weight excluding hydrogens is 398 g/mol. The molecule has 3 aromatic rings. The Kier molecular flexibility index (Phi) is 7.07. The van der Waals surface area contributed by atoms with Crippen LogP contribution in [0.15, 0.2) is 51.7 Å². The maximum absolute atomic E-state index is 12.1. The first-order valence-corrected chi connectivity index (χ1v) is 10.0. The molecule has 0 aliphatic carbocycles. The van der Waals surface area contributed by atoms with Crippen LogP contribution in [0.25, 0.3) is 11.0 Å². The van der Waals surface area contributed by atoms with Gasteiger partial charge < -0.3 is 19.2 Å². The van der Waals surface area contributed by atoms with Crippen LogP contribution in [0.4, 0.5) is 0 Å². The summed E-state index contributed by atoms with van der Waals surface area (Å²) in [7, 11) is 0. The van der Waals surface area contributed by atoms with Crippen molar-refractivity contribution in [2.24, 2.45) is 0 Å². The Morgan fingerprint density at radius 2 is 1.74 bits per heavy atom. The smallest absolute Gasteiger partial charge is 0.338 e. The van der Waals surface area contributed by atoms with Gasteiger partial charge in [-0.15, -0.1) is 0 Å². The molecule has 0 saturated heterocycles. The van der Waals surface area contributed by atoms with Crippen molar-refractivity contribution in [1.29, 1.82) is 0 Å². The largest absolute Gasteiger partial charge is 0.483 e. The Labute approximate surface area is 180 Å². The van der Waals surface area contributed by atoms with Crippen LogP contribution >= 0.6 is 0 Å². The zero-order valence-corrected chi connectivity index (χ0v) is 17.8. The fourth-order valence-corrected chi connectivity index (χ4v) is 3.12. The first-order chi connectivity index (χ1) is 14.8. The molecule has 0 spiro atoms. The first kappa shape index (κ1) is 22.1. The highest BCUT2D eigenvalue weighted by atomic mass is 16.5. The second-order valence-electron chi connectivity index (χ2n) is 7.38. The van der Waals surface area contributed by atoms with E-state index in [9.17, 15) is 14.4 Å². The molecular formula is C24H25NO6. The molecule has 0 saturated carbocycles. The van der Waals surface area contributed by atoms with Gasteiger partial charge in [-0.05, 0) is 62.6 Å². The molecule has 31 heavy (non-hydrogen) atoms. The summed E-state index contributed by atoms with van der Waals surface area (Å²) in [4.78, 5) is 35.6. The minimum absolute atomic E-state index is 0.180. The molecule has 1 aromatic heterocycles. The highest BCUT2D eigenvalue weighted by Gasteiger charge is 2.12. The normalized spacial score (nSPS) is 10.7. The van der Waals surface area contributed by atoms with E-state index in [1.54, 1.807) is 31.2 Å². The van der Waals surface area contributed by atoms with Crippen LogP contribution in [-0.4, -0.2) is 31.6 Å². The Morgan fingerprint density at radius 3 is 2.48 bits per heavy atom. The van der Waals surface area contributed by atoms with E-state index in [1.165, 1.54) is 6.07 Å². The zero-order chi connectivity index (χ0) is 22.4. The monoisotopic (exact) mass is 423 g/mol. The van der Waals surface area contributed by atoms with Crippen LogP contribution in [-0.2, 0) is 9.53 Å². The van der Waals surface area contributed by atoms with Crippen LogP contribution in [0, 0.1) is 20.8 Å². The third-order valence-corrected chi connectivity index (χ3v) is 4.67. The SMILES string of the molecule is Cc1ccc(C(=O)OCCCNC(=O)COc2cc(C)cc3oc(=O)cc(C)c23)cc1. The fourth-order valence-electron chi connectivity index (χ4n) is 3.12. The number of ether oxygens (including phenoxy) is 2. The molecule has 162 valence electrons. The molecule has 1 heterocycles. The first-order valence-electron chi connectivity index (χ1n) is 10.0. The Balaban J connectivity index is 1.45. The van der Waals surface area contributed by atoms with E-state index in [0.29, 0.717) is 35.2 Å². The molecule has 0 unspecified atom stereocenters. The number of esters is 1. The van der Waals surface area contributed by atoms with Crippen LogP contribution in [0.2, 0.25) is 0 Å². The predicted octanol–water partition coefficient (Wildman–Crippen LogP) is 3.46. The highest BCUT2D eigenvalue weighted by molar-refractivity contribution is 5.89. The van der Waals surface area contributed by atoms with Crippen molar-refractivity contribution in [2.45, 2.75) is 27.2 Å². The maximum atomic E-state index is 12.1. The number of fused-ring (bicyclic) bond motifs is 1. The lowest BCUT2D eigenvalue weighted by atomic mass is 10.1. The molecule has 1 N–H and O–H groups in total. The molecule has 1 amide bonds. The number of benzene rings is 2. The molecule has 7 heteroatoms. The number of rotatable bonds is 8. The van der Waals surface area contributed by atoms with E-state index in [4.69, 9.17) is 13.9 Å². The number of hydrogen-bond donors (Lipinski definition) is 1. The number of hydrogen-bond acceptors (Lipinski definition) is 6. The lowest BCUT2D eigenvalue weighted by molar-refractivity contribution is -0.123. The minimum atomic E-state index is -0.428. The quantitative estimate of drug-likeness (QED) is 0.339. The predicted molar refractivity (Wildman–Crippen MR) is 117 cm³/mol. The highest BCUT2D eigenvalue weighted by Crippen LogP contribution is 2.29. The van der Waals surface area contributed by atoms with Gasteiger partial charge in [-0.25, -0.2) is 9.59 Å². The van der Waals surface area contributed by atoms with Crippen molar-refractivity contribution in [3.05, 3.63) is 75.1 Å². The Morgan fingerprint density at radius 1 is 1.00 bits per heavy atom. The van der Waals surface area contributed by atoms with Crippen molar-refractivity contribution < 1.29 is 23.5 Å². The van der Waals surface area contributed by atoms with Crippen molar-refractivity contribution in [1.82, 2.24) is 5.32 Å². The third kappa shape index (κ3) is 5.94. The van der Waals surface area contributed by atoms with Crippen molar-refractivity contribution in [3.8, 4) is 5.75 Å². The van der Waals surface area contributed by atoms with E-state index in [2.05, 4.69) is 5.32 Å². The number of carbonyl (C=O) groups is 2. The zero-order valence-electron chi connectivity index (χ0n) is 17.8. The molecule has 0 aliphatic heterocycles. The fraction of sp³-hybridized carbons (Fsp3) is 0.292. The summed E-state index contributed by atoms with van der Waals surface area (Å²) >= 11 is 0. The third-order valence-electron chi connectivity index (χ3n) is 4.67. The maximum Gasteiger partial charge on any atom is 0.338 e. The van der Waals surface area contributed by atoms with Crippen LogP contribution < -0.4 is 15.7 Å². The van der Waals surface area contributed by atoms with Crippen LogP contribution in [0.3, 0.4) is 0 Å². The molecule has 0 fully saturated rings. The van der Waals surface area contributed by atoms with Crippen molar-refractivity contribution in [2.75, 3.05) is 19.8 Å². The summed E-state index contributed by atoms with van der Waals surface area (Å²) in [6.45, 7) is 5.97. The molecule has 3 rings (SSSR count). The summed E-state index contributed by atoms with van der Waals surface area (Å²) < 4.78 is 16.1. The van der Waals surface area contributed by atoms with E-state index in [0.717, 1.165) is 16.7 Å². The number of nitrogens with one attached hydrogen (secondary N) is 1. The van der Waals surface area contributed by atoms with Gasteiger partial charge in [0.1, 0.15) is 11.3 Å². The molecule has 0 radical (unpaired) electrons. The summed E-state index contributed by atoms with van der Waals surface area (Å²) in [5.74, 6) is -0.198. The van der Waals surface area contributed by atoms with Crippen molar-refractivity contribution >= 4 is 22.8 Å². The second-order valence-corrected chi connectivity index (χ2v) is 7.38. The van der Waals surface area contributed by atoms with Gasteiger partial charge in [0.05, 0.1) is 17.6 Å². The van der Waals surface area contributed by atoms with Gasteiger partial charge >= 0.3 is 11.6 Å². The van der Waals surface area contributed by atoms with Crippen molar-refractivity contribution in [3.63, 3.8) is 0 Å². The minimum Gasteiger partial charge on any atom is -0.483 e. The van der Waals surface area contributed by atoms with E-state index in [-0.39, 0.29) is 25.1 Å². The summed E-state index contributed by atoms with van der Waals surface area (Å²) in [6.07, 6.45) is 0.487. The van der Waals surface area contributed by atoms with Gasteiger partial charge in [0.25, 0.3) is 5.91 Å². The number of aryl methyl sites for hydroxylation is 3. The molecule has 0 aliphatic rings. The van der Waals surface area contributed by atoms with E-state index in [1.807, 2.05) is 26.0 Å². The van der Waals surface area contributed by atoms with E-state index < -0.39 is 5.63 Å². The number of amides is 1. The summed E-state index contributed by atoms with van der Waals surface area (Å²) in [5, 5.41) is 3.40. The van der Waals surface area contributed by atoms with Gasteiger partial charge in [-0.1, -0.05) is 17.7 Å². The van der Waals surface area contributed by atoms with E-state index >= 15 is 0 Å². The molecule has 2 aromatic carbocycles. The molecule has 0 bridgehead atoms. The van der Waals surface area contributed by atoms with Crippen LogP contribution in [0.5, 0.6) is 5.75 Å². The lowest BCUT2D eigenvalue weighted by Gasteiger charge is -2.12. The molecule has 7 nitrogen and oxygen atoms in total. The average Bonchev–Trinajstić information content (AvgIpc) is 2.71. The lowest BCUT2D eigenvalue weighted by Crippen LogP contribution is -2.30. The Hall–Kier alpha value is -3.61. The van der Waals surface area contributed by atoms with Gasteiger partial charge in [0.2, 0.25) is 0 Å². The van der Waals surface area contributed by atoms with Gasteiger partial charge in [0.15, 0.2) is 6.61 Å². The van der Waals surface area contributed by atoms with Crippen LogP contribution in [0.1, 0.15) is 33.5 Å². The molecule has 0 atom stereocenters. The second kappa shape index (κ2) is 9.93. The topological polar surface area (TPSA) is 94.8 Å². The summed E-state index contributed by atoms with van der Waals surface area (Å²) in [5.41, 5.74) is 3.14. The van der Waals surface area contributed by atoms with Gasteiger partial charge in [-0.3, -0.25) is 4.79 Å². The van der Waals surface area contributed by atoms with Gasteiger partial charge in [0, 0.05) is 12.6 Å².